The van der Waals surface area contributed by atoms with Crippen molar-refractivity contribution in [3.63, 3.8) is 0 Å². The van der Waals surface area contributed by atoms with Gasteiger partial charge in [0.25, 0.3) is 0 Å². The van der Waals surface area contributed by atoms with Crippen LogP contribution in [-0.2, 0) is 0 Å². The summed E-state index contributed by atoms with van der Waals surface area (Å²) >= 11 is 0. The fourth-order valence-corrected chi connectivity index (χ4v) is 2.91. The molecule has 2 aromatic rings. The van der Waals surface area contributed by atoms with Crippen molar-refractivity contribution in [3.05, 3.63) is 47.9 Å². The number of furan rings is 1. The first-order valence-electron chi connectivity index (χ1n) is 6.67. The van der Waals surface area contributed by atoms with Crippen molar-refractivity contribution < 1.29 is 14.3 Å². The Labute approximate surface area is 111 Å². The van der Waals surface area contributed by atoms with E-state index in [1.54, 1.807) is 6.26 Å². The van der Waals surface area contributed by atoms with E-state index in [-0.39, 0.29) is 5.92 Å². The zero-order chi connectivity index (χ0) is 13.2. The van der Waals surface area contributed by atoms with Crippen molar-refractivity contribution in [2.24, 2.45) is 0 Å². The fraction of sp³-hybridized carbons (Fsp3) is 0.312. The first-order chi connectivity index (χ1) is 9.27. The number of rotatable bonds is 3. The van der Waals surface area contributed by atoms with Crippen molar-refractivity contribution in [2.45, 2.75) is 31.6 Å². The molecule has 0 atom stereocenters. The quantitative estimate of drug-likeness (QED) is 0.890. The zero-order valence-corrected chi connectivity index (χ0v) is 10.6. The van der Waals surface area contributed by atoms with Crippen LogP contribution in [0.25, 0.3) is 11.1 Å². The number of carbonyl (C=O) groups is 1. The molecule has 0 amide bonds. The van der Waals surface area contributed by atoms with E-state index in [2.05, 4.69) is 0 Å². The van der Waals surface area contributed by atoms with E-state index in [1.807, 2.05) is 30.3 Å². The van der Waals surface area contributed by atoms with Crippen molar-refractivity contribution in [3.8, 4) is 11.1 Å². The molecule has 1 aromatic heterocycles. The molecule has 3 nitrogen and oxygen atoms in total. The molecule has 1 aromatic carbocycles. The van der Waals surface area contributed by atoms with Crippen molar-refractivity contribution in [1.82, 2.24) is 0 Å². The molecule has 0 saturated heterocycles. The summed E-state index contributed by atoms with van der Waals surface area (Å²) in [5.41, 5.74) is 1.93. The van der Waals surface area contributed by atoms with Gasteiger partial charge in [0.15, 0.2) is 0 Å². The Bertz CT molecular complexity index is 577. The third kappa shape index (κ3) is 2.16. The number of carboxylic acids is 1. The van der Waals surface area contributed by atoms with E-state index in [1.165, 1.54) is 0 Å². The number of aromatic carboxylic acids is 1. The van der Waals surface area contributed by atoms with Gasteiger partial charge >= 0.3 is 5.97 Å². The third-order valence-electron chi connectivity index (χ3n) is 3.84. The molecule has 0 spiro atoms. The predicted octanol–water partition coefficient (Wildman–Crippen LogP) is 4.30. The van der Waals surface area contributed by atoms with Gasteiger partial charge in [-0.1, -0.05) is 43.2 Å². The summed E-state index contributed by atoms with van der Waals surface area (Å²) in [5.74, 6) is 0.0296. The van der Waals surface area contributed by atoms with Crippen molar-refractivity contribution >= 4 is 5.97 Å². The van der Waals surface area contributed by atoms with Crippen LogP contribution in [0.1, 0.15) is 47.7 Å². The van der Waals surface area contributed by atoms with Crippen molar-refractivity contribution in [1.29, 1.82) is 0 Å². The maximum absolute atomic E-state index is 11.6. The summed E-state index contributed by atoms with van der Waals surface area (Å²) in [5, 5.41) is 9.50. The van der Waals surface area contributed by atoms with Gasteiger partial charge in [-0.3, -0.25) is 0 Å². The van der Waals surface area contributed by atoms with E-state index in [9.17, 15) is 9.90 Å². The van der Waals surface area contributed by atoms with Gasteiger partial charge < -0.3 is 9.52 Å². The number of carboxylic acid groups (broad SMARTS) is 1. The van der Waals surface area contributed by atoms with Crippen LogP contribution in [0.4, 0.5) is 0 Å². The summed E-state index contributed by atoms with van der Waals surface area (Å²) in [4.78, 5) is 11.6. The second kappa shape index (κ2) is 4.92. The first-order valence-corrected chi connectivity index (χ1v) is 6.67. The molecule has 0 bridgehead atoms. The lowest BCUT2D eigenvalue weighted by atomic mass is 9.96. The van der Waals surface area contributed by atoms with Gasteiger partial charge in [-0.15, -0.1) is 0 Å². The average Bonchev–Trinajstić information content (AvgIpc) is 3.08. The molecular weight excluding hydrogens is 240 g/mol. The van der Waals surface area contributed by atoms with Gasteiger partial charge in [-0.2, -0.15) is 0 Å². The van der Waals surface area contributed by atoms with Crippen LogP contribution >= 0.6 is 0 Å². The summed E-state index contributed by atoms with van der Waals surface area (Å²) in [6.07, 6.45) is 5.96. The molecule has 1 aliphatic rings. The van der Waals surface area contributed by atoms with E-state index in [0.717, 1.165) is 31.2 Å². The zero-order valence-electron chi connectivity index (χ0n) is 10.6. The molecule has 3 rings (SSSR count). The maximum atomic E-state index is 11.6. The number of hydrogen-bond donors (Lipinski definition) is 1. The van der Waals surface area contributed by atoms with Crippen LogP contribution in [0.2, 0.25) is 0 Å². The van der Waals surface area contributed by atoms with Crippen LogP contribution < -0.4 is 0 Å². The van der Waals surface area contributed by atoms with E-state index >= 15 is 0 Å². The first kappa shape index (κ1) is 12.0. The Morgan fingerprint density at radius 1 is 1.16 bits per heavy atom. The monoisotopic (exact) mass is 256 g/mol. The van der Waals surface area contributed by atoms with Gasteiger partial charge in [-0.05, 0) is 18.4 Å². The van der Waals surface area contributed by atoms with E-state index in [4.69, 9.17) is 4.42 Å². The SMILES string of the molecule is O=C(O)c1c(-c2ccccc2)coc1C1CCCC1. The number of hydrogen-bond acceptors (Lipinski definition) is 2. The molecule has 1 fully saturated rings. The minimum Gasteiger partial charge on any atom is -0.478 e. The predicted molar refractivity (Wildman–Crippen MR) is 72.3 cm³/mol. The van der Waals surface area contributed by atoms with Crippen molar-refractivity contribution in [2.75, 3.05) is 0 Å². The molecular formula is C16H16O3. The van der Waals surface area contributed by atoms with E-state index in [0.29, 0.717) is 16.9 Å². The van der Waals surface area contributed by atoms with Crippen LogP contribution in [0.5, 0.6) is 0 Å². The molecule has 3 heteroatoms. The summed E-state index contributed by atoms with van der Waals surface area (Å²) in [6, 6.07) is 9.56. The van der Waals surface area contributed by atoms with Gasteiger partial charge in [-0.25, -0.2) is 4.79 Å². The Kier molecular flexibility index (Phi) is 3.11. The Morgan fingerprint density at radius 2 is 1.84 bits per heavy atom. The minimum atomic E-state index is -0.894. The largest absolute Gasteiger partial charge is 0.478 e. The summed E-state index contributed by atoms with van der Waals surface area (Å²) in [6.45, 7) is 0. The fourth-order valence-electron chi connectivity index (χ4n) is 2.91. The molecule has 1 saturated carbocycles. The highest BCUT2D eigenvalue weighted by Gasteiger charge is 2.29. The lowest BCUT2D eigenvalue weighted by Gasteiger charge is -2.07. The smallest absolute Gasteiger partial charge is 0.339 e. The van der Waals surface area contributed by atoms with Crippen LogP contribution in [-0.4, -0.2) is 11.1 Å². The van der Waals surface area contributed by atoms with Crippen LogP contribution in [0.3, 0.4) is 0 Å². The minimum absolute atomic E-state index is 0.267. The Hall–Kier alpha value is -2.03. The lowest BCUT2D eigenvalue weighted by Crippen LogP contribution is -2.03. The van der Waals surface area contributed by atoms with Gasteiger partial charge in [0.05, 0.1) is 6.26 Å². The van der Waals surface area contributed by atoms with Gasteiger partial charge in [0.1, 0.15) is 11.3 Å². The molecule has 0 radical (unpaired) electrons. The second-order valence-electron chi connectivity index (χ2n) is 5.04. The molecule has 1 heterocycles. The van der Waals surface area contributed by atoms with Gasteiger partial charge in [0.2, 0.25) is 0 Å². The molecule has 19 heavy (non-hydrogen) atoms. The van der Waals surface area contributed by atoms with Crippen LogP contribution in [0.15, 0.2) is 41.0 Å². The molecule has 1 N–H and O–H groups in total. The average molecular weight is 256 g/mol. The summed E-state index contributed by atoms with van der Waals surface area (Å²) < 4.78 is 5.61. The normalized spacial score (nSPS) is 15.8. The van der Waals surface area contributed by atoms with Gasteiger partial charge in [0, 0.05) is 11.5 Å². The molecule has 1 aliphatic carbocycles. The number of benzene rings is 1. The van der Waals surface area contributed by atoms with Crippen LogP contribution in [0, 0.1) is 0 Å². The highest BCUT2D eigenvalue weighted by molar-refractivity contribution is 5.97. The second-order valence-corrected chi connectivity index (χ2v) is 5.04. The maximum Gasteiger partial charge on any atom is 0.339 e. The van der Waals surface area contributed by atoms with E-state index < -0.39 is 5.97 Å². The molecule has 0 unspecified atom stereocenters. The standard InChI is InChI=1S/C16H16O3/c17-16(18)14-13(11-6-2-1-3-7-11)10-19-15(14)12-8-4-5-9-12/h1-3,6-7,10,12H,4-5,8-9H2,(H,17,18). The summed E-state index contributed by atoms with van der Waals surface area (Å²) in [7, 11) is 0. The highest BCUT2D eigenvalue weighted by Crippen LogP contribution is 2.40. The topological polar surface area (TPSA) is 50.4 Å². The molecule has 0 aliphatic heterocycles. The highest BCUT2D eigenvalue weighted by atomic mass is 16.4. The lowest BCUT2D eigenvalue weighted by molar-refractivity contribution is 0.0694. The third-order valence-corrected chi connectivity index (χ3v) is 3.84. The Balaban J connectivity index is 2.08. The Morgan fingerprint density at radius 3 is 2.47 bits per heavy atom. The molecule has 98 valence electrons.